The summed E-state index contributed by atoms with van der Waals surface area (Å²) in [5, 5.41) is 0. The highest BCUT2D eigenvalue weighted by Crippen LogP contribution is 2.04. The molecule has 0 aromatic heterocycles. The average molecular weight is 248 g/mol. The van der Waals surface area contributed by atoms with E-state index in [2.05, 4.69) is 6.58 Å². The highest BCUT2D eigenvalue weighted by atomic mass is 28.3. The van der Waals surface area contributed by atoms with Crippen LogP contribution in [0.25, 0.3) is 0 Å². The predicted octanol–water partition coefficient (Wildman–Crippen LogP) is 0.911. The molecular weight excluding hydrogens is 228 g/mol. The minimum atomic E-state index is -1.95. The van der Waals surface area contributed by atoms with E-state index in [4.69, 9.17) is 18.0 Å². The Kier molecular flexibility index (Phi) is 9.11. The molecule has 0 amide bonds. The first-order valence-electron chi connectivity index (χ1n) is 5.14. The van der Waals surface area contributed by atoms with E-state index in [-0.39, 0.29) is 6.10 Å². The van der Waals surface area contributed by atoms with Crippen molar-refractivity contribution in [3.8, 4) is 0 Å². The third-order valence-electron chi connectivity index (χ3n) is 1.89. The van der Waals surface area contributed by atoms with Crippen LogP contribution in [-0.4, -0.2) is 42.4 Å². The molecule has 94 valence electrons. The fourth-order valence-corrected chi connectivity index (χ4v) is 2.00. The number of hydrogen-bond acceptors (Lipinski definition) is 5. The Bertz CT molecular complexity index is 205. The van der Waals surface area contributed by atoms with E-state index in [1.165, 1.54) is 0 Å². The Labute approximate surface area is 98.3 Å². The van der Waals surface area contributed by atoms with Crippen LogP contribution in [0.15, 0.2) is 12.7 Å². The largest absolute Gasteiger partial charge is 0.483 e. The number of hydrogen-bond donors (Lipinski definition) is 0. The van der Waals surface area contributed by atoms with Gasteiger partial charge in [-0.3, -0.25) is 0 Å². The number of ether oxygens (including phenoxy) is 1. The molecule has 0 bridgehead atoms. The van der Waals surface area contributed by atoms with E-state index in [1.807, 2.05) is 6.92 Å². The van der Waals surface area contributed by atoms with Gasteiger partial charge in [0.25, 0.3) is 0 Å². The number of carbonyl (C=O) groups excluding carboxylic acids is 1. The van der Waals surface area contributed by atoms with E-state index in [0.717, 1.165) is 18.9 Å². The van der Waals surface area contributed by atoms with Crippen LogP contribution in [0.3, 0.4) is 0 Å². The molecule has 0 spiro atoms. The van der Waals surface area contributed by atoms with Gasteiger partial charge >= 0.3 is 15.5 Å². The number of carbonyl (C=O) groups is 1. The Hall–Kier alpha value is -0.693. The first kappa shape index (κ1) is 15.3. The lowest BCUT2D eigenvalue weighted by Gasteiger charge is -2.17. The maximum atomic E-state index is 10.7. The molecule has 0 radical (unpaired) electrons. The van der Waals surface area contributed by atoms with Crippen LogP contribution in [0, 0.1) is 0 Å². The van der Waals surface area contributed by atoms with E-state index < -0.39 is 15.5 Å². The molecule has 0 heterocycles. The molecule has 0 fully saturated rings. The third kappa shape index (κ3) is 7.58. The van der Waals surface area contributed by atoms with Crippen molar-refractivity contribution in [1.82, 2.24) is 0 Å². The summed E-state index contributed by atoms with van der Waals surface area (Å²) in [7, 11) is 1.19. The van der Waals surface area contributed by atoms with Gasteiger partial charge in [0.2, 0.25) is 0 Å². The maximum Gasteiger partial charge on any atom is 0.483 e. The van der Waals surface area contributed by atoms with Crippen LogP contribution < -0.4 is 0 Å². The van der Waals surface area contributed by atoms with Gasteiger partial charge in [0, 0.05) is 26.4 Å². The molecular formula is C10H20O5Si. The van der Waals surface area contributed by atoms with Crippen molar-refractivity contribution in [2.24, 2.45) is 0 Å². The molecule has 16 heavy (non-hydrogen) atoms. The van der Waals surface area contributed by atoms with Gasteiger partial charge < -0.3 is 18.0 Å². The van der Waals surface area contributed by atoms with Gasteiger partial charge in [-0.05, 0) is 19.8 Å². The Morgan fingerprint density at radius 3 is 2.56 bits per heavy atom. The minimum absolute atomic E-state index is 0.0407. The molecule has 0 saturated carbocycles. The van der Waals surface area contributed by atoms with Crippen molar-refractivity contribution in [1.29, 1.82) is 0 Å². The van der Waals surface area contributed by atoms with Crippen LogP contribution in [-0.2, 0) is 22.8 Å². The van der Waals surface area contributed by atoms with Gasteiger partial charge in [-0.25, -0.2) is 4.79 Å². The van der Waals surface area contributed by atoms with Crippen LogP contribution in [0.5, 0.6) is 0 Å². The van der Waals surface area contributed by atoms with Crippen molar-refractivity contribution in [3.63, 3.8) is 0 Å². The quantitative estimate of drug-likeness (QED) is 0.263. The smallest absolute Gasteiger partial charge is 0.463 e. The van der Waals surface area contributed by atoms with Crippen LogP contribution in [0.2, 0.25) is 0 Å². The summed E-state index contributed by atoms with van der Waals surface area (Å²) in [4.78, 5) is 10.7. The van der Waals surface area contributed by atoms with Gasteiger partial charge in [-0.15, -0.1) is 0 Å². The van der Waals surface area contributed by atoms with Crippen LogP contribution in [0.1, 0.15) is 19.8 Å². The molecule has 0 aliphatic heterocycles. The second-order valence-corrected chi connectivity index (χ2v) is 5.01. The molecule has 0 N–H and O–H groups in total. The van der Waals surface area contributed by atoms with E-state index in [0.29, 0.717) is 6.61 Å². The van der Waals surface area contributed by atoms with Crippen molar-refractivity contribution < 1.29 is 22.8 Å². The van der Waals surface area contributed by atoms with Crippen LogP contribution in [0.4, 0.5) is 0 Å². The summed E-state index contributed by atoms with van der Waals surface area (Å²) in [6.45, 7) is 5.63. The maximum absolute atomic E-state index is 10.7. The van der Waals surface area contributed by atoms with Crippen molar-refractivity contribution in [2.75, 3.05) is 20.8 Å². The lowest BCUT2D eigenvalue weighted by molar-refractivity contribution is -0.138. The summed E-state index contributed by atoms with van der Waals surface area (Å²) in [6.07, 6.45) is 2.73. The summed E-state index contributed by atoms with van der Waals surface area (Å²) in [6, 6.07) is 0. The monoisotopic (exact) mass is 248 g/mol. The number of rotatable bonds is 9. The fourth-order valence-electron chi connectivity index (χ4n) is 1.07. The second kappa shape index (κ2) is 9.53. The molecule has 6 heteroatoms. The van der Waals surface area contributed by atoms with Crippen molar-refractivity contribution in [3.05, 3.63) is 12.7 Å². The zero-order chi connectivity index (χ0) is 12.4. The first-order chi connectivity index (χ1) is 7.63. The molecule has 0 aliphatic rings. The van der Waals surface area contributed by atoms with Crippen molar-refractivity contribution >= 4 is 15.5 Å². The zero-order valence-electron chi connectivity index (χ0n) is 10.1. The lowest BCUT2D eigenvalue weighted by atomic mass is 10.2. The predicted molar refractivity (Wildman–Crippen MR) is 62.1 cm³/mol. The van der Waals surface area contributed by atoms with Crippen molar-refractivity contribution in [2.45, 2.75) is 25.9 Å². The highest BCUT2D eigenvalue weighted by molar-refractivity contribution is 6.36. The molecule has 0 rings (SSSR count). The fraction of sp³-hybridized carbons (Fsp3) is 0.700. The molecule has 1 unspecified atom stereocenters. The van der Waals surface area contributed by atoms with Crippen LogP contribution >= 0.6 is 0 Å². The topological polar surface area (TPSA) is 54.0 Å². The lowest BCUT2D eigenvalue weighted by Crippen LogP contribution is -2.28. The van der Waals surface area contributed by atoms with Gasteiger partial charge in [-0.1, -0.05) is 6.58 Å². The Balaban J connectivity index is 3.53. The standard InChI is InChI=1S/C10H20O5Si/c1-5-10(11)14-8-6-7-9(2)15-16(12-3)13-4/h5,9,16H,1,6-8H2,2-4H3. The molecule has 0 aromatic carbocycles. The highest BCUT2D eigenvalue weighted by Gasteiger charge is 2.15. The number of esters is 1. The third-order valence-corrected chi connectivity index (χ3v) is 3.35. The average Bonchev–Trinajstić information content (AvgIpc) is 2.31. The Morgan fingerprint density at radius 2 is 2.06 bits per heavy atom. The summed E-state index contributed by atoms with van der Waals surface area (Å²) in [5.74, 6) is -0.394. The van der Waals surface area contributed by atoms with Gasteiger partial charge in [0.15, 0.2) is 0 Å². The van der Waals surface area contributed by atoms with Gasteiger partial charge in [0.05, 0.1) is 6.61 Å². The summed E-state index contributed by atoms with van der Waals surface area (Å²) >= 11 is 0. The second-order valence-electron chi connectivity index (χ2n) is 3.22. The van der Waals surface area contributed by atoms with Gasteiger partial charge in [0.1, 0.15) is 0 Å². The molecule has 0 aromatic rings. The van der Waals surface area contributed by atoms with E-state index >= 15 is 0 Å². The first-order valence-corrected chi connectivity index (χ1v) is 6.55. The van der Waals surface area contributed by atoms with E-state index in [9.17, 15) is 4.79 Å². The molecule has 0 saturated heterocycles. The zero-order valence-corrected chi connectivity index (χ0v) is 11.3. The normalized spacial score (nSPS) is 12.5. The Morgan fingerprint density at radius 1 is 1.44 bits per heavy atom. The molecule has 0 aliphatic carbocycles. The minimum Gasteiger partial charge on any atom is -0.463 e. The summed E-state index contributed by atoms with van der Waals surface area (Å²) in [5.41, 5.74) is 0. The van der Waals surface area contributed by atoms with E-state index in [1.54, 1.807) is 14.2 Å². The molecule has 1 atom stereocenters. The molecule has 5 nitrogen and oxygen atoms in total. The summed E-state index contributed by atoms with van der Waals surface area (Å²) < 4.78 is 20.4. The van der Waals surface area contributed by atoms with Gasteiger partial charge in [-0.2, -0.15) is 0 Å². The SMILES string of the molecule is C=CC(=O)OCCCC(C)O[SiH](OC)OC.